The predicted molar refractivity (Wildman–Crippen MR) is 73.2 cm³/mol. The maximum atomic E-state index is 11.7. The minimum Gasteiger partial charge on any atom is -0.484 e. The Morgan fingerprint density at radius 2 is 2.20 bits per heavy atom. The third-order valence-corrected chi connectivity index (χ3v) is 2.63. The molecule has 0 spiro atoms. The first-order valence-electron chi connectivity index (χ1n) is 6.18. The SMILES string of the molecule is CCc1cc(NC(=O)COc2ccc(C#N)cc2)n[nH]1. The highest BCUT2D eigenvalue weighted by atomic mass is 16.5. The van der Waals surface area contributed by atoms with Crippen LogP contribution in [-0.2, 0) is 11.2 Å². The van der Waals surface area contributed by atoms with Crippen LogP contribution in [0.4, 0.5) is 5.82 Å². The van der Waals surface area contributed by atoms with Gasteiger partial charge in [-0.3, -0.25) is 9.89 Å². The van der Waals surface area contributed by atoms with Crippen molar-refractivity contribution in [3.05, 3.63) is 41.6 Å². The topological polar surface area (TPSA) is 90.8 Å². The van der Waals surface area contributed by atoms with Gasteiger partial charge in [0, 0.05) is 11.8 Å². The normalized spacial score (nSPS) is 9.80. The smallest absolute Gasteiger partial charge is 0.263 e. The number of hydrogen-bond donors (Lipinski definition) is 2. The van der Waals surface area contributed by atoms with Gasteiger partial charge in [-0.25, -0.2) is 0 Å². The molecule has 1 aromatic carbocycles. The van der Waals surface area contributed by atoms with Gasteiger partial charge in [0.1, 0.15) is 5.75 Å². The molecule has 0 radical (unpaired) electrons. The number of aromatic amines is 1. The number of H-pyrrole nitrogens is 1. The van der Waals surface area contributed by atoms with Crippen molar-refractivity contribution in [1.82, 2.24) is 10.2 Å². The van der Waals surface area contributed by atoms with Crippen LogP contribution in [0.5, 0.6) is 5.75 Å². The van der Waals surface area contributed by atoms with Gasteiger partial charge in [0.25, 0.3) is 5.91 Å². The van der Waals surface area contributed by atoms with E-state index >= 15 is 0 Å². The van der Waals surface area contributed by atoms with Crippen molar-refractivity contribution in [2.45, 2.75) is 13.3 Å². The van der Waals surface area contributed by atoms with Crippen LogP contribution in [0.15, 0.2) is 30.3 Å². The first-order valence-corrected chi connectivity index (χ1v) is 6.18. The summed E-state index contributed by atoms with van der Waals surface area (Å²) in [7, 11) is 0. The van der Waals surface area contributed by atoms with Crippen molar-refractivity contribution < 1.29 is 9.53 Å². The number of amides is 1. The molecule has 0 atom stereocenters. The van der Waals surface area contributed by atoms with Crippen molar-refractivity contribution >= 4 is 11.7 Å². The largest absolute Gasteiger partial charge is 0.484 e. The maximum Gasteiger partial charge on any atom is 0.263 e. The highest BCUT2D eigenvalue weighted by Gasteiger charge is 2.06. The van der Waals surface area contributed by atoms with Gasteiger partial charge < -0.3 is 10.1 Å². The molecule has 2 rings (SSSR count). The van der Waals surface area contributed by atoms with E-state index in [9.17, 15) is 4.79 Å². The van der Waals surface area contributed by atoms with Gasteiger partial charge in [-0.15, -0.1) is 0 Å². The predicted octanol–water partition coefficient (Wildman–Crippen LogP) is 1.86. The molecule has 0 saturated heterocycles. The summed E-state index contributed by atoms with van der Waals surface area (Å²) in [6.07, 6.45) is 0.824. The molecule has 6 nitrogen and oxygen atoms in total. The Kier molecular flexibility index (Phi) is 4.35. The Morgan fingerprint density at radius 3 is 2.80 bits per heavy atom. The molecule has 0 aliphatic rings. The molecule has 0 unspecified atom stereocenters. The van der Waals surface area contributed by atoms with Gasteiger partial charge >= 0.3 is 0 Å². The molecule has 2 aromatic rings. The number of nitrogens with one attached hydrogen (secondary N) is 2. The van der Waals surface area contributed by atoms with E-state index in [1.807, 2.05) is 13.0 Å². The monoisotopic (exact) mass is 270 g/mol. The summed E-state index contributed by atoms with van der Waals surface area (Å²) < 4.78 is 5.31. The van der Waals surface area contributed by atoms with Gasteiger partial charge in [0.05, 0.1) is 11.6 Å². The minimum atomic E-state index is -0.288. The molecule has 102 valence electrons. The number of hydrogen-bond acceptors (Lipinski definition) is 4. The lowest BCUT2D eigenvalue weighted by atomic mass is 10.2. The van der Waals surface area contributed by atoms with Gasteiger partial charge in [-0.05, 0) is 30.7 Å². The van der Waals surface area contributed by atoms with E-state index in [1.165, 1.54) is 0 Å². The second-order valence-corrected chi connectivity index (χ2v) is 4.11. The van der Waals surface area contributed by atoms with Crippen molar-refractivity contribution in [1.29, 1.82) is 5.26 Å². The third-order valence-electron chi connectivity index (χ3n) is 2.63. The number of aryl methyl sites for hydroxylation is 1. The van der Waals surface area contributed by atoms with Crippen LogP contribution in [0.25, 0.3) is 0 Å². The molecule has 1 aromatic heterocycles. The van der Waals surface area contributed by atoms with Gasteiger partial charge in [-0.2, -0.15) is 10.4 Å². The summed E-state index contributed by atoms with van der Waals surface area (Å²) >= 11 is 0. The molecular weight excluding hydrogens is 256 g/mol. The number of anilines is 1. The molecule has 0 bridgehead atoms. The lowest BCUT2D eigenvalue weighted by Crippen LogP contribution is -2.20. The number of benzene rings is 1. The Morgan fingerprint density at radius 1 is 1.45 bits per heavy atom. The summed E-state index contributed by atoms with van der Waals surface area (Å²) in [5.41, 5.74) is 1.50. The van der Waals surface area contributed by atoms with Gasteiger partial charge in [0.15, 0.2) is 12.4 Å². The molecule has 2 N–H and O–H groups in total. The van der Waals surface area contributed by atoms with Crippen LogP contribution in [0, 0.1) is 11.3 Å². The van der Waals surface area contributed by atoms with E-state index in [-0.39, 0.29) is 12.5 Å². The van der Waals surface area contributed by atoms with E-state index in [0.717, 1.165) is 12.1 Å². The van der Waals surface area contributed by atoms with E-state index in [4.69, 9.17) is 10.00 Å². The second kappa shape index (κ2) is 6.38. The average molecular weight is 270 g/mol. The van der Waals surface area contributed by atoms with Crippen LogP contribution in [-0.4, -0.2) is 22.7 Å². The zero-order valence-corrected chi connectivity index (χ0v) is 11.0. The summed E-state index contributed by atoms with van der Waals surface area (Å²) in [6, 6.07) is 10.4. The first kappa shape index (κ1) is 13.6. The summed E-state index contributed by atoms with van der Waals surface area (Å²) in [5, 5.41) is 18.1. The molecule has 20 heavy (non-hydrogen) atoms. The summed E-state index contributed by atoms with van der Waals surface area (Å²) in [6.45, 7) is 1.88. The van der Waals surface area contributed by atoms with Crippen LogP contribution < -0.4 is 10.1 Å². The Labute approximate surface area is 116 Å². The second-order valence-electron chi connectivity index (χ2n) is 4.11. The minimum absolute atomic E-state index is 0.111. The van der Waals surface area contributed by atoms with E-state index in [0.29, 0.717) is 17.1 Å². The van der Waals surface area contributed by atoms with Crippen LogP contribution >= 0.6 is 0 Å². The number of carbonyl (C=O) groups excluding carboxylic acids is 1. The molecule has 6 heteroatoms. The Bertz CT molecular complexity index is 625. The van der Waals surface area contributed by atoms with Crippen LogP contribution in [0.1, 0.15) is 18.2 Å². The fourth-order valence-electron chi connectivity index (χ4n) is 1.56. The fourth-order valence-corrected chi connectivity index (χ4v) is 1.56. The van der Waals surface area contributed by atoms with Gasteiger partial charge in [-0.1, -0.05) is 6.92 Å². The molecule has 1 amide bonds. The van der Waals surface area contributed by atoms with Gasteiger partial charge in [0.2, 0.25) is 0 Å². The molecule has 0 aliphatic carbocycles. The van der Waals surface area contributed by atoms with Crippen LogP contribution in [0.2, 0.25) is 0 Å². The van der Waals surface area contributed by atoms with Crippen molar-refractivity contribution in [2.75, 3.05) is 11.9 Å². The van der Waals surface area contributed by atoms with E-state index < -0.39 is 0 Å². The van der Waals surface area contributed by atoms with Crippen molar-refractivity contribution in [2.24, 2.45) is 0 Å². The Hall–Kier alpha value is -2.81. The maximum absolute atomic E-state index is 11.7. The average Bonchev–Trinajstić information content (AvgIpc) is 2.93. The summed E-state index contributed by atoms with van der Waals surface area (Å²) in [4.78, 5) is 11.7. The third kappa shape index (κ3) is 3.59. The Balaban J connectivity index is 1.84. The van der Waals surface area contributed by atoms with Crippen molar-refractivity contribution in [3.63, 3.8) is 0 Å². The number of carbonyl (C=O) groups is 1. The standard InChI is InChI=1S/C14H14N4O2/c1-2-11-7-13(18-17-11)16-14(19)9-20-12-5-3-10(8-15)4-6-12/h3-7H,2,9H2,1H3,(H2,16,17,18,19). The molecule has 0 aliphatic heterocycles. The zero-order chi connectivity index (χ0) is 14.4. The number of nitriles is 1. The molecule has 0 fully saturated rings. The highest BCUT2D eigenvalue weighted by molar-refractivity contribution is 5.90. The molecular formula is C14H14N4O2. The lowest BCUT2D eigenvalue weighted by molar-refractivity contribution is -0.118. The van der Waals surface area contributed by atoms with Crippen molar-refractivity contribution in [3.8, 4) is 11.8 Å². The first-order chi connectivity index (χ1) is 9.71. The quantitative estimate of drug-likeness (QED) is 0.867. The summed E-state index contributed by atoms with van der Waals surface area (Å²) in [5.74, 6) is 0.731. The molecule has 0 saturated carbocycles. The zero-order valence-electron chi connectivity index (χ0n) is 11.0. The number of rotatable bonds is 5. The lowest BCUT2D eigenvalue weighted by Gasteiger charge is -2.05. The molecule has 1 heterocycles. The van der Waals surface area contributed by atoms with E-state index in [2.05, 4.69) is 15.5 Å². The van der Waals surface area contributed by atoms with E-state index in [1.54, 1.807) is 30.3 Å². The highest BCUT2D eigenvalue weighted by Crippen LogP contribution is 2.11. The number of ether oxygens (including phenoxy) is 1. The number of nitrogens with zero attached hydrogens (tertiary/aromatic N) is 2. The van der Waals surface area contributed by atoms with Crippen LogP contribution in [0.3, 0.4) is 0 Å². The number of aromatic nitrogens is 2. The fraction of sp³-hybridized carbons (Fsp3) is 0.214.